The van der Waals surface area contributed by atoms with Crippen LogP contribution in [0.5, 0.6) is 0 Å². The number of hydrogen-bond acceptors (Lipinski definition) is 3. The molecule has 2 rings (SSSR count). The fourth-order valence-corrected chi connectivity index (χ4v) is 2.73. The van der Waals surface area contributed by atoms with Crippen LogP contribution in [0.1, 0.15) is 17.1 Å². The number of aryl methyl sites for hydroxylation is 1. The third-order valence-corrected chi connectivity index (χ3v) is 4.15. The summed E-state index contributed by atoms with van der Waals surface area (Å²) in [5.74, 6) is 0.195. The largest absolute Gasteiger partial charge is 0.464 e. The molecule has 0 atom stereocenters. The molecule has 5 nitrogen and oxygen atoms in total. The van der Waals surface area contributed by atoms with Crippen LogP contribution >= 0.6 is 11.6 Å². The molecule has 0 radical (unpaired) electrons. The number of hydrogen-bond donors (Lipinski definition) is 0. The van der Waals surface area contributed by atoms with Crippen molar-refractivity contribution in [2.24, 2.45) is 0 Å². The van der Waals surface area contributed by atoms with Crippen LogP contribution in [0.15, 0.2) is 53.5 Å². The van der Waals surface area contributed by atoms with Crippen molar-refractivity contribution in [3.8, 4) is 0 Å². The highest BCUT2D eigenvalue weighted by molar-refractivity contribution is 6.27. The predicted molar refractivity (Wildman–Crippen MR) is 102 cm³/mol. The fraction of sp³-hybridized carbons (Fsp3) is 0.300. The highest BCUT2D eigenvalue weighted by Gasteiger charge is 2.21. The van der Waals surface area contributed by atoms with Crippen molar-refractivity contribution in [1.29, 1.82) is 0 Å². The molecule has 2 aromatic rings. The van der Waals surface area contributed by atoms with Crippen molar-refractivity contribution >= 4 is 23.4 Å². The predicted octanol–water partition coefficient (Wildman–Crippen LogP) is 3.51. The van der Waals surface area contributed by atoms with Gasteiger partial charge in [0.15, 0.2) is 0 Å². The summed E-state index contributed by atoms with van der Waals surface area (Å²) in [6.07, 6.45) is 1.54. The van der Waals surface area contributed by atoms with Crippen molar-refractivity contribution in [2.45, 2.75) is 20.0 Å². The number of halogens is 2. The monoisotopic (exact) mass is 392 g/mol. The zero-order valence-corrected chi connectivity index (χ0v) is 15.9. The smallest absolute Gasteiger partial charge is 0.242 e. The van der Waals surface area contributed by atoms with E-state index in [-0.39, 0.29) is 49.7 Å². The molecule has 0 saturated heterocycles. The molecule has 0 saturated carbocycles. The molecule has 27 heavy (non-hydrogen) atoms. The Morgan fingerprint density at radius 1 is 1.11 bits per heavy atom. The Morgan fingerprint density at radius 3 is 2.37 bits per heavy atom. The first-order chi connectivity index (χ1) is 12.9. The van der Waals surface area contributed by atoms with E-state index in [1.54, 1.807) is 23.1 Å². The van der Waals surface area contributed by atoms with Crippen LogP contribution in [-0.4, -0.2) is 40.6 Å². The molecule has 2 amide bonds. The summed E-state index contributed by atoms with van der Waals surface area (Å²) in [5.41, 5.74) is 0.770. The van der Waals surface area contributed by atoms with Gasteiger partial charge in [0.2, 0.25) is 11.8 Å². The molecule has 0 bridgehead atoms. The van der Waals surface area contributed by atoms with Crippen LogP contribution in [0.3, 0.4) is 0 Å². The number of nitrogens with zero attached hydrogens (tertiary/aromatic N) is 2. The highest BCUT2D eigenvalue weighted by Crippen LogP contribution is 2.14. The first kappa shape index (κ1) is 20.7. The fourth-order valence-electron chi connectivity index (χ4n) is 2.56. The number of benzene rings is 1. The van der Waals surface area contributed by atoms with Crippen LogP contribution in [0.2, 0.25) is 0 Å². The van der Waals surface area contributed by atoms with Crippen molar-refractivity contribution < 1.29 is 18.4 Å². The Hall–Kier alpha value is -2.60. The summed E-state index contributed by atoms with van der Waals surface area (Å²) >= 11 is 5.62. The van der Waals surface area contributed by atoms with Gasteiger partial charge < -0.3 is 14.2 Å². The van der Waals surface area contributed by atoms with E-state index in [4.69, 9.17) is 16.0 Å². The van der Waals surface area contributed by atoms with Crippen LogP contribution in [0.4, 0.5) is 4.39 Å². The SMILES string of the molecule is C=CCN(CC(=O)N(Cc1ccc(F)cc1)Cc1ccc(C)o1)C(=O)CCl. The second-order valence-electron chi connectivity index (χ2n) is 6.09. The number of rotatable bonds is 9. The van der Waals surface area contributed by atoms with Crippen LogP contribution in [-0.2, 0) is 22.7 Å². The van der Waals surface area contributed by atoms with Gasteiger partial charge in [-0.1, -0.05) is 18.2 Å². The molecular formula is C20H22ClFN2O3. The van der Waals surface area contributed by atoms with Gasteiger partial charge in [-0.05, 0) is 36.8 Å². The average molecular weight is 393 g/mol. The topological polar surface area (TPSA) is 53.8 Å². The van der Waals surface area contributed by atoms with Crippen molar-refractivity contribution in [2.75, 3.05) is 19.0 Å². The quantitative estimate of drug-likeness (QED) is 0.484. The number of carbonyl (C=O) groups is 2. The minimum absolute atomic E-state index is 0.127. The number of amides is 2. The Kier molecular flexibility index (Phi) is 7.61. The number of alkyl halides is 1. The van der Waals surface area contributed by atoms with E-state index >= 15 is 0 Å². The molecule has 0 aliphatic heterocycles. The molecule has 0 aliphatic carbocycles. The van der Waals surface area contributed by atoms with Gasteiger partial charge >= 0.3 is 0 Å². The molecule has 0 fully saturated rings. The maximum absolute atomic E-state index is 13.2. The summed E-state index contributed by atoms with van der Waals surface area (Å²) in [4.78, 5) is 27.7. The Bertz CT molecular complexity index is 789. The summed E-state index contributed by atoms with van der Waals surface area (Å²) < 4.78 is 18.7. The third kappa shape index (κ3) is 6.25. The van der Waals surface area contributed by atoms with Crippen molar-refractivity contribution in [3.63, 3.8) is 0 Å². The Morgan fingerprint density at radius 2 is 1.81 bits per heavy atom. The Balaban J connectivity index is 2.18. The van der Waals surface area contributed by atoms with E-state index in [0.717, 1.165) is 11.3 Å². The number of carbonyl (C=O) groups excluding carboxylic acids is 2. The van der Waals surface area contributed by atoms with E-state index in [1.165, 1.54) is 23.1 Å². The van der Waals surface area contributed by atoms with Crippen LogP contribution < -0.4 is 0 Å². The first-order valence-corrected chi connectivity index (χ1v) is 8.98. The normalized spacial score (nSPS) is 10.5. The zero-order valence-electron chi connectivity index (χ0n) is 15.2. The van der Waals surface area contributed by atoms with E-state index in [1.807, 2.05) is 13.0 Å². The van der Waals surface area contributed by atoms with Crippen LogP contribution in [0, 0.1) is 12.7 Å². The molecule has 144 valence electrons. The maximum Gasteiger partial charge on any atom is 0.242 e. The first-order valence-electron chi connectivity index (χ1n) is 8.45. The molecule has 7 heteroatoms. The van der Waals surface area contributed by atoms with Gasteiger partial charge in [0, 0.05) is 13.1 Å². The molecule has 0 N–H and O–H groups in total. The van der Waals surface area contributed by atoms with E-state index in [2.05, 4.69) is 6.58 Å². The lowest BCUT2D eigenvalue weighted by Gasteiger charge is -2.26. The lowest BCUT2D eigenvalue weighted by Crippen LogP contribution is -2.43. The van der Waals surface area contributed by atoms with Crippen molar-refractivity contribution in [1.82, 2.24) is 9.80 Å². The van der Waals surface area contributed by atoms with Crippen LogP contribution in [0.25, 0.3) is 0 Å². The van der Waals surface area contributed by atoms with E-state index in [0.29, 0.717) is 5.76 Å². The van der Waals surface area contributed by atoms with Gasteiger partial charge in [-0.2, -0.15) is 0 Å². The van der Waals surface area contributed by atoms with E-state index in [9.17, 15) is 14.0 Å². The van der Waals surface area contributed by atoms with Gasteiger partial charge in [0.1, 0.15) is 29.8 Å². The minimum Gasteiger partial charge on any atom is -0.464 e. The van der Waals surface area contributed by atoms with Gasteiger partial charge in [-0.3, -0.25) is 9.59 Å². The minimum atomic E-state index is -0.347. The maximum atomic E-state index is 13.2. The van der Waals surface area contributed by atoms with Gasteiger partial charge in [0.25, 0.3) is 0 Å². The standard InChI is InChI=1S/C20H22ClFN2O3/c1-3-10-23(19(25)11-21)14-20(26)24(13-18-9-4-15(2)27-18)12-16-5-7-17(22)8-6-16/h3-9H,1,10-14H2,2H3. The molecule has 0 unspecified atom stereocenters. The lowest BCUT2D eigenvalue weighted by molar-refractivity contribution is -0.139. The van der Waals surface area contributed by atoms with Crippen molar-refractivity contribution in [3.05, 3.63) is 72.0 Å². The molecule has 1 aromatic carbocycles. The molecule has 0 spiro atoms. The van der Waals surface area contributed by atoms with Gasteiger partial charge in [-0.25, -0.2) is 4.39 Å². The second kappa shape index (κ2) is 9.92. The average Bonchev–Trinajstić information content (AvgIpc) is 3.06. The number of furan rings is 1. The van der Waals surface area contributed by atoms with Gasteiger partial charge in [0.05, 0.1) is 6.54 Å². The molecule has 0 aliphatic rings. The second-order valence-corrected chi connectivity index (χ2v) is 6.35. The summed E-state index contributed by atoms with van der Waals surface area (Å²) in [6, 6.07) is 9.54. The van der Waals surface area contributed by atoms with E-state index < -0.39 is 0 Å². The summed E-state index contributed by atoms with van der Waals surface area (Å²) in [7, 11) is 0. The lowest BCUT2D eigenvalue weighted by atomic mass is 10.2. The highest BCUT2D eigenvalue weighted by atomic mass is 35.5. The summed E-state index contributed by atoms with van der Waals surface area (Å²) in [6.45, 7) is 6.02. The summed E-state index contributed by atoms with van der Waals surface area (Å²) in [5, 5.41) is 0. The zero-order chi connectivity index (χ0) is 19.8. The molecule has 1 heterocycles. The molecular weight excluding hydrogens is 371 g/mol. The van der Waals surface area contributed by atoms with Gasteiger partial charge in [-0.15, -0.1) is 18.2 Å². The Labute approximate surface area is 163 Å². The third-order valence-electron chi connectivity index (χ3n) is 3.92. The molecule has 1 aromatic heterocycles.